The number of halogens is 1. The minimum Gasteiger partial charge on any atom is -0.493 e. The van der Waals surface area contributed by atoms with Gasteiger partial charge >= 0.3 is 0 Å². The fourth-order valence-electron chi connectivity index (χ4n) is 1.91. The van der Waals surface area contributed by atoms with E-state index >= 15 is 0 Å². The van der Waals surface area contributed by atoms with Crippen LogP contribution < -0.4 is 10.5 Å². The van der Waals surface area contributed by atoms with Gasteiger partial charge in [0.2, 0.25) is 0 Å². The van der Waals surface area contributed by atoms with Crippen molar-refractivity contribution in [3.05, 3.63) is 51.2 Å². The molecule has 19 heavy (non-hydrogen) atoms. The minimum absolute atomic E-state index is 0.0686. The van der Waals surface area contributed by atoms with Gasteiger partial charge < -0.3 is 10.5 Å². The summed E-state index contributed by atoms with van der Waals surface area (Å²) in [5.41, 5.74) is 8.17. The molecule has 102 valence electrons. The van der Waals surface area contributed by atoms with Crippen LogP contribution in [-0.2, 0) is 12.8 Å². The van der Waals surface area contributed by atoms with Gasteiger partial charge in [-0.3, -0.25) is 0 Å². The highest BCUT2D eigenvalue weighted by atomic mass is 35.5. The molecular weight excluding hydrogens is 278 g/mol. The fraction of sp³-hybridized carbons (Fsp3) is 0.333. The van der Waals surface area contributed by atoms with Crippen LogP contribution >= 0.6 is 22.9 Å². The van der Waals surface area contributed by atoms with Crippen LogP contribution in [0.3, 0.4) is 0 Å². The normalized spacial score (nSPS) is 12.4. The van der Waals surface area contributed by atoms with Gasteiger partial charge in [-0.05, 0) is 47.9 Å². The molecule has 1 atom stereocenters. The van der Waals surface area contributed by atoms with E-state index in [0.717, 1.165) is 29.2 Å². The minimum atomic E-state index is 0.0686. The Morgan fingerprint density at radius 3 is 2.89 bits per heavy atom. The second kappa shape index (κ2) is 6.94. The first-order valence-corrected chi connectivity index (χ1v) is 7.65. The molecular formula is C15H18ClNOS. The largest absolute Gasteiger partial charge is 0.493 e. The van der Waals surface area contributed by atoms with Gasteiger partial charge in [0.05, 0.1) is 6.61 Å². The Morgan fingerprint density at radius 2 is 2.21 bits per heavy atom. The zero-order valence-corrected chi connectivity index (χ0v) is 12.5. The van der Waals surface area contributed by atoms with E-state index in [4.69, 9.17) is 22.1 Å². The van der Waals surface area contributed by atoms with Gasteiger partial charge in [0.15, 0.2) is 0 Å². The lowest BCUT2D eigenvalue weighted by molar-refractivity contribution is 0.318. The summed E-state index contributed by atoms with van der Waals surface area (Å²) < 4.78 is 5.86. The molecule has 0 radical (unpaired) electrons. The second-order valence-corrected chi connectivity index (χ2v) is 5.82. The van der Waals surface area contributed by atoms with E-state index in [0.29, 0.717) is 6.61 Å². The van der Waals surface area contributed by atoms with Crippen molar-refractivity contribution in [2.45, 2.75) is 25.8 Å². The van der Waals surface area contributed by atoms with Gasteiger partial charge in [-0.15, -0.1) is 0 Å². The van der Waals surface area contributed by atoms with Crippen LogP contribution in [-0.4, -0.2) is 12.6 Å². The van der Waals surface area contributed by atoms with Crippen molar-refractivity contribution in [1.29, 1.82) is 0 Å². The molecule has 1 heterocycles. The quantitative estimate of drug-likeness (QED) is 0.877. The molecule has 0 aliphatic heterocycles. The predicted octanol–water partition coefficient (Wildman–Crippen LogP) is 3.91. The number of hydrogen-bond donors (Lipinski definition) is 1. The summed E-state index contributed by atoms with van der Waals surface area (Å²) in [6.07, 6.45) is 1.64. The molecule has 4 heteroatoms. The molecule has 0 aliphatic rings. The summed E-state index contributed by atoms with van der Waals surface area (Å²) in [7, 11) is 0. The average molecular weight is 296 g/mol. The Morgan fingerprint density at radius 1 is 1.37 bits per heavy atom. The first-order chi connectivity index (χ1) is 9.16. The summed E-state index contributed by atoms with van der Waals surface area (Å²) in [5.74, 6) is 0.847. The van der Waals surface area contributed by atoms with E-state index in [2.05, 4.69) is 16.8 Å². The molecule has 0 spiro atoms. The summed E-state index contributed by atoms with van der Waals surface area (Å²) in [6.45, 7) is 2.63. The molecule has 1 aromatic heterocycles. The first-order valence-electron chi connectivity index (χ1n) is 6.33. The van der Waals surface area contributed by atoms with E-state index < -0.39 is 0 Å². The maximum Gasteiger partial charge on any atom is 0.124 e. The van der Waals surface area contributed by atoms with Crippen LogP contribution in [0.2, 0.25) is 5.02 Å². The lowest BCUT2D eigenvalue weighted by Crippen LogP contribution is -2.18. The maximum absolute atomic E-state index is 6.22. The Bertz CT molecular complexity index is 511. The molecule has 2 N–H and O–H groups in total. The van der Waals surface area contributed by atoms with Crippen LogP contribution in [0.5, 0.6) is 5.75 Å². The number of hydrogen-bond acceptors (Lipinski definition) is 3. The number of thiophene rings is 1. The van der Waals surface area contributed by atoms with Gasteiger partial charge in [-0.25, -0.2) is 0 Å². The standard InChI is InChI=1S/C15H18ClNOS/c1-11(17)9-13-14(16)3-2-4-15(13)18-7-5-12-6-8-19-10-12/h2-4,6,8,10-11H,5,7,9,17H2,1H3. The van der Waals surface area contributed by atoms with Crippen molar-refractivity contribution in [2.24, 2.45) is 5.73 Å². The molecule has 0 saturated heterocycles. The van der Waals surface area contributed by atoms with E-state index in [1.54, 1.807) is 11.3 Å². The lowest BCUT2D eigenvalue weighted by atomic mass is 10.1. The summed E-state index contributed by atoms with van der Waals surface area (Å²) in [6, 6.07) is 7.93. The van der Waals surface area contributed by atoms with Gasteiger partial charge in [0.1, 0.15) is 5.75 Å². The zero-order chi connectivity index (χ0) is 13.7. The molecule has 1 aromatic carbocycles. The number of nitrogens with two attached hydrogens (primary N) is 1. The summed E-state index contributed by atoms with van der Waals surface area (Å²) >= 11 is 7.92. The molecule has 0 bridgehead atoms. The third-order valence-corrected chi connectivity index (χ3v) is 3.92. The van der Waals surface area contributed by atoms with Crippen molar-refractivity contribution >= 4 is 22.9 Å². The smallest absolute Gasteiger partial charge is 0.124 e. The Labute approximate surface area is 123 Å². The van der Waals surface area contributed by atoms with E-state index in [-0.39, 0.29) is 6.04 Å². The van der Waals surface area contributed by atoms with Crippen LogP contribution in [0, 0.1) is 0 Å². The number of ether oxygens (including phenoxy) is 1. The average Bonchev–Trinajstić information content (AvgIpc) is 2.86. The molecule has 0 amide bonds. The number of rotatable bonds is 6. The Kier molecular flexibility index (Phi) is 5.25. The number of benzene rings is 1. The van der Waals surface area contributed by atoms with Crippen LogP contribution in [0.1, 0.15) is 18.1 Å². The lowest BCUT2D eigenvalue weighted by Gasteiger charge is -2.14. The first kappa shape index (κ1) is 14.4. The van der Waals surface area contributed by atoms with Crippen molar-refractivity contribution < 1.29 is 4.74 Å². The monoisotopic (exact) mass is 295 g/mol. The van der Waals surface area contributed by atoms with Crippen molar-refractivity contribution in [3.63, 3.8) is 0 Å². The Hall–Kier alpha value is -1.03. The zero-order valence-electron chi connectivity index (χ0n) is 10.9. The molecule has 2 nitrogen and oxygen atoms in total. The van der Waals surface area contributed by atoms with E-state index in [1.165, 1.54) is 5.56 Å². The molecule has 2 rings (SSSR count). The molecule has 0 aliphatic carbocycles. The molecule has 0 saturated carbocycles. The molecule has 1 unspecified atom stereocenters. The van der Waals surface area contributed by atoms with Crippen molar-refractivity contribution in [2.75, 3.05) is 6.61 Å². The highest BCUT2D eigenvalue weighted by Crippen LogP contribution is 2.27. The highest BCUT2D eigenvalue weighted by Gasteiger charge is 2.10. The van der Waals surface area contributed by atoms with Crippen LogP contribution in [0.25, 0.3) is 0 Å². The summed E-state index contributed by atoms with van der Waals surface area (Å²) in [4.78, 5) is 0. The van der Waals surface area contributed by atoms with E-state index in [9.17, 15) is 0 Å². The summed E-state index contributed by atoms with van der Waals surface area (Å²) in [5, 5.41) is 4.95. The van der Waals surface area contributed by atoms with Crippen LogP contribution in [0.4, 0.5) is 0 Å². The van der Waals surface area contributed by atoms with Gasteiger partial charge in [-0.2, -0.15) is 11.3 Å². The third kappa shape index (κ3) is 4.23. The highest BCUT2D eigenvalue weighted by molar-refractivity contribution is 7.07. The van der Waals surface area contributed by atoms with Gasteiger partial charge in [0, 0.05) is 23.0 Å². The molecule has 2 aromatic rings. The topological polar surface area (TPSA) is 35.2 Å². The Balaban J connectivity index is 2.00. The van der Waals surface area contributed by atoms with Crippen LogP contribution in [0.15, 0.2) is 35.0 Å². The third-order valence-electron chi connectivity index (χ3n) is 2.83. The van der Waals surface area contributed by atoms with Gasteiger partial charge in [-0.1, -0.05) is 17.7 Å². The SMILES string of the molecule is CC(N)Cc1c(Cl)cccc1OCCc1ccsc1. The van der Waals surface area contributed by atoms with Crippen molar-refractivity contribution in [1.82, 2.24) is 0 Å². The predicted molar refractivity (Wildman–Crippen MR) is 82.3 cm³/mol. The molecule has 0 fully saturated rings. The second-order valence-electron chi connectivity index (χ2n) is 4.63. The van der Waals surface area contributed by atoms with Crippen molar-refractivity contribution in [3.8, 4) is 5.75 Å². The fourth-order valence-corrected chi connectivity index (χ4v) is 2.85. The maximum atomic E-state index is 6.22. The van der Waals surface area contributed by atoms with Gasteiger partial charge in [0.25, 0.3) is 0 Å². The van der Waals surface area contributed by atoms with E-state index in [1.807, 2.05) is 25.1 Å².